The van der Waals surface area contributed by atoms with E-state index < -0.39 is 0 Å². The van der Waals surface area contributed by atoms with Gasteiger partial charge in [-0.15, -0.1) is 0 Å². The van der Waals surface area contributed by atoms with Crippen LogP contribution in [0, 0.1) is 0 Å². The predicted molar refractivity (Wildman–Crippen MR) is 58.7 cm³/mol. The number of aliphatic hydroxyl groups is 1. The maximum atomic E-state index is 9.04. The summed E-state index contributed by atoms with van der Waals surface area (Å²) in [5, 5.41) is 13.1. The number of nitrogens with zero attached hydrogens (tertiary/aromatic N) is 2. The van der Waals surface area contributed by atoms with Crippen molar-refractivity contribution in [2.75, 3.05) is 11.9 Å². The highest BCUT2D eigenvalue weighted by Crippen LogP contribution is 2.11. The molecule has 0 aliphatic rings. The number of anilines is 1. The van der Waals surface area contributed by atoms with E-state index in [0.717, 1.165) is 36.8 Å². The van der Waals surface area contributed by atoms with Crippen LogP contribution in [0.1, 0.15) is 32.5 Å². The van der Waals surface area contributed by atoms with E-state index >= 15 is 0 Å². The van der Waals surface area contributed by atoms with E-state index in [0.29, 0.717) is 0 Å². The Hall–Kier alpha value is -0.680. The molecule has 14 heavy (non-hydrogen) atoms. The molecule has 0 aliphatic carbocycles. The molecule has 0 amide bonds. The smallest absolute Gasteiger partial charge is 0.202 e. The Bertz CT molecular complexity index is 262. The fourth-order valence-corrected chi connectivity index (χ4v) is 1.74. The van der Waals surface area contributed by atoms with Gasteiger partial charge in [-0.1, -0.05) is 6.92 Å². The van der Waals surface area contributed by atoms with Crippen LogP contribution in [0.4, 0.5) is 5.13 Å². The molecule has 1 heterocycles. The Kier molecular flexibility index (Phi) is 4.82. The van der Waals surface area contributed by atoms with Crippen LogP contribution < -0.4 is 5.32 Å². The van der Waals surface area contributed by atoms with Gasteiger partial charge in [0.1, 0.15) is 5.82 Å². The van der Waals surface area contributed by atoms with Crippen molar-refractivity contribution in [3.63, 3.8) is 0 Å². The third-order valence-corrected chi connectivity index (χ3v) is 2.57. The molecule has 0 aromatic carbocycles. The monoisotopic (exact) mass is 215 g/mol. The van der Waals surface area contributed by atoms with Gasteiger partial charge in [0.05, 0.1) is 6.10 Å². The predicted octanol–water partition coefficient (Wildman–Crippen LogP) is 1.67. The van der Waals surface area contributed by atoms with E-state index in [2.05, 4.69) is 14.7 Å². The van der Waals surface area contributed by atoms with Crippen molar-refractivity contribution in [2.24, 2.45) is 0 Å². The van der Waals surface area contributed by atoms with Gasteiger partial charge in [0, 0.05) is 24.5 Å². The van der Waals surface area contributed by atoms with Gasteiger partial charge in [0.15, 0.2) is 0 Å². The lowest BCUT2D eigenvalue weighted by atomic mass is 10.2. The maximum absolute atomic E-state index is 9.04. The van der Waals surface area contributed by atoms with Crippen molar-refractivity contribution >= 4 is 16.7 Å². The van der Waals surface area contributed by atoms with Crippen molar-refractivity contribution < 1.29 is 5.11 Å². The molecule has 1 aromatic rings. The minimum atomic E-state index is -0.211. The molecule has 0 saturated heterocycles. The van der Waals surface area contributed by atoms with Gasteiger partial charge in [-0.05, 0) is 19.8 Å². The first kappa shape index (κ1) is 11.4. The Morgan fingerprint density at radius 3 is 2.93 bits per heavy atom. The van der Waals surface area contributed by atoms with Crippen molar-refractivity contribution in [3.8, 4) is 0 Å². The van der Waals surface area contributed by atoms with Crippen LogP contribution in [-0.4, -0.2) is 27.1 Å². The van der Waals surface area contributed by atoms with Crippen LogP contribution in [0.3, 0.4) is 0 Å². The first-order valence-corrected chi connectivity index (χ1v) is 5.74. The Balaban J connectivity index is 2.18. The molecule has 0 aliphatic heterocycles. The number of nitrogens with one attached hydrogen (secondary N) is 1. The quantitative estimate of drug-likeness (QED) is 0.709. The zero-order chi connectivity index (χ0) is 10.4. The third-order valence-electron chi connectivity index (χ3n) is 1.86. The minimum absolute atomic E-state index is 0.211. The second kappa shape index (κ2) is 5.93. The highest BCUT2D eigenvalue weighted by atomic mass is 32.1. The number of aryl methyl sites for hydroxylation is 1. The van der Waals surface area contributed by atoms with Crippen LogP contribution in [0.25, 0.3) is 0 Å². The van der Waals surface area contributed by atoms with Crippen molar-refractivity contribution in [1.29, 1.82) is 0 Å². The molecular weight excluding hydrogens is 198 g/mol. The third kappa shape index (κ3) is 4.02. The van der Waals surface area contributed by atoms with E-state index in [1.807, 2.05) is 6.92 Å². The van der Waals surface area contributed by atoms with Crippen molar-refractivity contribution in [1.82, 2.24) is 9.36 Å². The standard InChI is InChI=1S/C9H17N3OS/c1-3-8-11-9(14-12-8)10-6-4-5-7(2)13/h7,13H,3-6H2,1-2H3,(H,10,11,12). The topological polar surface area (TPSA) is 58.0 Å². The molecule has 1 atom stereocenters. The van der Waals surface area contributed by atoms with E-state index in [1.54, 1.807) is 6.92 Å². The summed E-state index contributed by atoms with van der Waals surface area (Å²) in [6.07, 6.45) is 2.45. The molecule has 0 spiro atoms. The van der Waals surface area contributed by atoms with Gasteiger partial charge in [0.2, 0.25) is 5.13 Å². The number of aromatic nitrogens is 2. The molecule has 0 saturated carbocycles. The molecule has 5 heteroatoms. The second-order valence-electron chi connectivity index (χ2n) is 3.29. The summed E-state index contributed by atoms with van der Waals surface area (Å²) < 4.78 is 4.17. The molecule has 0 fully saturated rings. The lowest BCUT2D eigenvalue weighted by molar-refractivity contribution is 0.183. The van der Waals surface area contributed by atoms with Gasteiger partial charge < -0.3 is 10.4 Å². The summed E-state index contributed by atoms with van der Waals surface area (Å²) in [6, 6.07) is 0. The van der Waals surface area contributed by atoms with Crippen LogP contribution >= 0.6 is 11.5 Å². The van der Waals surface area contributed by atoms with E-state index in [1.165, 1.54) is 11.5 Å². The van der Waals surface area contributed by atoms with Gasteiger partial charge in [-0.2, -0.15) is 4.37 Å². The number of hydrogen-bond acceptors (Lipinski definition) is 5. The average molecular weight is 215 g/mol. The normalized spacial score (nSPS) is 12.8. The van der Waals surface area contributed by atoms with Gasteiger partial charge in [-0.25, -0.2) is 4.98 Å². The maximum Gasteiger partial charge on any atom is 0.202 e. The van der Waals surface area contributed by atoms with Gasteiger partial charge >= 0.3 is 0 Å². The zero-order valence-corrected chi connectivity index (χ0v) is 9.47. The SMILES string of the molecule is CCc1nsc(NCCCC(C)O)n1. The van der Waals surface area contributed by atoms with Crippen LogP contribution in [-0.2, 0) is 6.42 Å². The summed E-state index contributed by atoms with van der Waals surface area (Å²) >= 11 is 1.40. The molecule has 80 valence electrons. The molecule has 4 nitrogen and oxygen atoms in total. The summed E-state index contributed by atoms with van der Waals surface area (Å²) in [5.74, 6) is 0.896. The first-order chi connectivity index (χ1) is 6.72. The molecule has 0 bridgehead atoms. The number of rotatable bonds is 6. The van der Waals surface area contributed by atoms with Crippen LogP contribution in [0.15, 0.2) is 0 Å². The molecule has 1 unspecified atom stereocenters. The highest BCUT2D eigenvalue weighted by Gasteiger charge is 2.01. The Morgan fingerprint density at radius 1 is 1.57 bits per heavy atom. The zero-order valence-electron chi connectivity index (χ0n) is 8.66. The summed E-state index contributed by atoms with van der Waals surface area (Å²) in [6.45, 7) is 4.70. The van der Waals surface area contributed by atoms with E-state index in [-0.39, 0.29) is 6.10 Å². The minimum Gasteiger partial charge on any atom is -0.393 e. The van der Waals surface area contributed by atoms with Crippen LogP contribution in [0.5, 0.6) is 0 Å². The fraction of sp³-hybridized carbons (Fsp3) is 0.778. The van der Waals surface area contributed by atoms with E-state index in [4.69, 9.17) is 5.11 Å². The summed E-state index contributed by atoms with van der Waals surface area (Å²) in [7, 11) is 0. The summed E-state index contributed by atoms with van der Waals surface area (Å²) in [4.78, 5) is 4.28. The van der Waals surface area contributed by atoms with Gasteiger partial charge in [-0.3, -0.25) is 0 Å². The van der Waals surface area contributed by atoms with Crippen molar-refractivity contribution in [2.45, 2.75) is 39.2 Å². The second-order valence-corrected chi connectivity index (χ2v) is 4.04. The van der Waals surface area contributed by atoms with Crippen molar-refractivity contribution in [3.05, 3.63) is 5.82 Å². The largest absolute Gasteiger partial charge is 0.393 e. The lowest BCUT2D eigenvalue weighted by Gasteiger charge is -2.03. The average Bonchev–Trinajstić information content (AvgIpc) is 2.60. The highest BCUT2D eigenvalue weighted by molar-refractivity contribution is 7.09. The first-order valence-electron chi connectivity index (χ1n) is 4.97. The molecule has 2 N–H and O–H groups in total. The Morgan fingerprint density at radius 2 is 2.36 bits per heavy atom. The summed E-state index contributed by atoms with van der Waals surface area (Å²) in [5.41, 5.74) is 0. The van der Waals surface area contributed by atoms with E-state index in [9.17, 15) is 0 Å². The van der Waals surface area contributed by atoms with Crippen LogP contribution in [0.2, 0.25) is 0 Å². The molecule has 1 rings (SSSR count). The Labute approximate surface area is 88.6 Å². The number of hydrogen-bond donors (Lipinski definition) is 2. The number of aliphatic hydroxyl groups excluding tert-OH is 1. The van der Waals surface area contributed by atoms with Gasteiger partial charge in [0.25, 0.3) is 0 Å². The molecule has 1 aromatic heterocycles. The fourth-order valence-electron chi connectivity index (χ4n) is 1.06. The molecule has 0 radical (unpaired) electrons. The lowest BCUT2D eigenvalue weighted by Crippen LogP contribution is -2.06. The molecular formula is C9H17N3OS.